The van der Waals surface area contributed by atoms with E-state index in [1.165, 1.54) is 11.9 Å². The monoisotopic (exact) mass is 258 g/mol. The number of nitrogens with two attached hydrogens (primary N) is 1. The van der Waals surface area contributed by atoms with Gasteiger partial charge < -0.3 is 15.8 Å². The van der Waals surface area contributed by atoms with E-state index in [1.54, 1.807) is 19.9 Å². The largest absolute Gasteiger partial charge is 0.409 e. The number of aromatic nitrogens is 1. The lowest BCUT2D eigenvalue weighted by atomic mass is 10.1. The van der Waals surface area contributed by atoms with Crippen LogP contribution in [0.25, 0.3) is 0 Å². The second-order valence-electron chi connectivity index (χ2n) is 4.00. The van der Waals surface area contributed by atoms with E-state index in [-0.39, 0.29) is 5.84 Å². The number of pyridine rings is 1. The lowest BCUT2D eigenvalue weighted by Crippen LogP contribution is -2.28. The molecule has 0 amide bonds. The van der Waals surface area contributed by atoms with Gasteiger partial charge in [-0.05, 0) is 19.9 Å². The van der Waals surface area contributed by atoms with Crippen molar-refractivity contribution in [1.82, 2.24) is 4.98 Å². The van der Waals surface area contributed by atoms with E-state index in [9.17, 15) is 8.78 Å². The number of aryl methyl sites for hydroxylation is 2. The summed E-state index contributed by atoms with van der Waals surface area (Å²) in [5.41, 5.74) is 7.60. The molecule has 1 heterocycles. The van der Waals surface area contributed by atoms with Gasteiger partial charge in [-0.25, -0.2) is 8.78 Å². The summed E-state index contributed by atoms with van der Waals surface area (Å²) in [5.74, 6) is -0.142. The highest BCUT2D eigenvalue weighted by Crippen LogP contribution is 2.23. The predicted molar refractivity (Wildman–Crippen MR) is 65.5 cm³/mol. The number of oxime groups is 1. The number of amidine groups is 1. The molecule has 0 aromatic carbocycles. The summed E-state index contributed by atoms with van der Waals surface area (Å²) in [7, 11) is 1.52. The van der Waals surface area contributed by atoms with Crippen LogP contribution in [0.4, 0.5) is 14.5 Å². The Hall–Kier alpha value is -1.92. The number of nitrogens with zero attached hydrogens (tertiary/aromatic N) is 3. The van der Waals surface area contributed by atoms with Gasteiger partial charge in [0, 0.05) is 12.7 Å². The zero-order valence-electron chi connectivity index (χ0n) is 10.5. The van der Waals surface area contributed by atoms with Crippen molar-refractivity contribution in [3.05, 3.63) is 23.0 Å². The van der Waals surface area contributed by atoms with E-state index in [2.05, 4.69) is 10.1 Å². The highest BCUT2D eigenvalue weighted by atomic mass is 19.3. The van der Waals surface area contributed by atoms with E-state index in [4.69, 9.17) is 10.9 Å². The zero-order valence-corrected chi connectivity index (χ0v) is 10.5. The maximum absolute atomic E-state index is 12.4. The topological polar surface area (TPSA) is 74.7 Å². The van der Waals surface area contributed by atoms with Crippen molar-refractivity contribution in [2.45, 2.75) is 20.3 Å². The van der Waals surface area contributed by atoms with E-state index in [0.717, 1.165) is 0 Å². The average Bonchev–Trinajstić information content (AvgIpc) is 2.26. The van der Waals surface area contributed by atoms with Crippen LogP contribution in [0.15, 0.2) is 11.2 Å². The summed E-state index contributed by atoms with van der Waals surface area (Å²) in [5, 5.41) is 11.7. The van der Waals surface area contributed by atoms with E-state index >= 15 is 0 Å². The number of hydrogen-bond acceptors (Lipinski definition) is 4. The summed E-state index contributed by atoms with van der Waals surface area (Å²) >= 11 is 0. The first-order valence-electron chi connectivity index (χ1n) is 5.32. The average molecular weight is 258 g/mol. The molecule has 3 N–H and O–H groups in total. The molecule has 0 fully saturated rings. The van der Waals surface area contributed by atoms with Crippen molar-refractivity contribution in [2.24, 2.45) is 10.9 Å². The van der Waals surface area contributed by atoms with Crippen LogP contribution in [0.5, 0.6) is 0 Å². The van der Waals surface area contributed by atoms with Crippen molar-refractivity contribution < 1.29 is 14.0 Å². The van der Waals surface area contributed by atoms with Crippen LogP contribution in [0.2, 0.25) is 0 Å². The van der Waals surface area contributed by atoms with Gasteiger partial charge in [0.1, 0.15) is 0 Å². The molecule has 7 heteroatoms. The van der Waals surface area contributed by atoms with Crippen LogP contribution in [-0.2, 0) is 0 Å². The van der Waals surface area contributed by atoms with E-state index in [0.29, 0.717) is 22.6 Å². The number of rotatable bonds is 4. The van der Waals surface area contributed by atoms with Crippen LogP contribution in [0.1, 0.15) is 17.0 Å². The standard InChI is InChI=1S/C11H16F2N4O/c1-6-4-8(17(3)5-9(12)13)10(7(2)15-6)11(14)16-18/h4,9,18H,5H2,1-3H3,(H2,14,16). The smallest absolute Gasteiger partial charge is 0.255 e. The number of hydrogen-bond donors (Lipinski definition) is 2. The highest BCUT2D eigenvalue weighted by molar-refractivity contribution is 6.03. The molecular formula is C11H16F2N4O. The third-order valence-corrected chi connectivity index (χ3v) is 2.49. The first kappa shape index (κ1) is 14.1. The van der Waals surface area contributed by atoms with E-state index in [1.807, 2.05) is 0 Å². The Kier molecular flexibility index (Phi) is 4.41. The summed E-state index contributed by atoms with van der Waals surface area (Å²) in [6.45, 7) is 3.00. The number of anilines is 1. The van der Waals surface area contributed by atoms with Crippen LogP contribution in [0.3, 0.4) is 0 Å². The minimum Gasteiger partial charge on any atom is -0.409 e. The molecule has 0 saturated heterocycles. The highest BCUT2D eigenvalue weighted by Gasteiger charge is 2.18. The molecule has 0 aliphatic rings. The lowest BCUT2D eigenvalue weighted by Gasteiger charge is -2.23. The number of halogens is 2. The van der Waals surface area contributed by atoms with Gasteiger partial charge in [-0.2, -0.15) is 0 Å². The Morgan fingerprint density at radius 3 is 2.67 bits per heavy atom. The zero-order chi connectivity index (χ0) is 13.9. The maximum Gasteiger partial charge on any atom is 0.255 e. The van der Waals surface area contributed by atoms with Crippen LogP contribution >= 0.6 is 0 Å². The van der Waals surface area contributed by atoms with Crippen molar-refractivity contribution in [3.8, 4) is 0 Å². The van der Waals surface area contributed by atoms with Gasteiger partial charge in [0.2, 0.25) is 0 Å². The first-order valence-corrected chi connectivity index (χ1v) is 5.32. The molecule has 0 atom stereocenters. The quantitative estimate of drug-likeness (QED) is 0.371. The van der Waals surface area contributed by atoms with Gasteiger partial charge in [0.25, 0.3) is 6.43 Å². The molecule has 0 aliphatic heterocycles. The minimum absolute atomic E-state index is 0.142. The Morgan fingerprint density at radius 2 is 2.17 bits per heavy atom. The van der Waals surface area contributed by atoms with Crippen LogP contribution in [0, 0.1) is 13.8 Å². The van der Waals surface area contributed by atoms with Crippen LogP contribution < -0.4 is 10.6 Å². The van der Waals surface area contributed by atoms with Gasteiger partial charge in [0.05, 0.1) is 23.5 Å². The fraction of sp³-hybridized carbons (Fsp3) is 0.455. The third-order valence-electron chi connectivity index (χ3n) is 2.49. The molecule has 0 saturated carbocycles. The number of alkyl halides is 2. The second-order valence-corrected chi connectivity index (χ2v) is 4.00. The maximum atomic E-state index is 12.4. The van der Waals surface area contributed by atoms with Crippen molar-refractivity contribution >= 4 is 11.5 Å². The molecule has 1 rings (SSSR count). The van der Waals surface area contributed by atoms with E-state index < -0.39 is 13.0 Å². The summed E-state index contributed by atoms with van der Waals surface area (Å²) in [4.78, 5) is 5.54. The molecule has 0 unspecified atom stereocenters. The van der Waals surface area contributed by atoms with Gasteiger partial charge in [-0.3, -0.25) is 4.98 Å². The summed E-state index contributed by atoms with van der Waals surface area (Å²) < 4.78 is 24.8. The molecule has 100 valence electrons. The summed E-state index contributed by atoms with van der Waals surface area (Å²) in [6, 6.07) is 1.63. The normalized spacial score (nSPS) is 12.0. The third kappa shape index (κ3) is 3.06. The molecule has 1 aromatic rings. The Bertz CT molecular complexity index is 463. The fourth-order valence-electron chi connectivity index (χ4n) is 1.78. The van der Waals surface area contributed by atoms with Crippen LogP contribution in [-0.4, -0.2) is 36.0 Å². The Labute approximate surface area is 104 Å². The van der Waals surface area contributed by atoms with Crippen molar-refractivity contribution in [3.63, 3.8) is 0 Å². The molecule has 0 aliphatic carbocycles. The second kappa shape index (κ2) is 5.61. The van der Waals surface area contributed by atoms with Gasteiger partial charge in [-0.1, -0.05) is 5.16 Å². The molecule has 0 bridgehead atoms. The molecule has 18 heavy (non-hydrogen) atoms. The van der Waals surface area contributed by atoms with Crippen molar-refractivity contribution in [1.29, 1.82) is 0 Å². The molecule has 5 nitrogen and oxygen atoms in total. The molecule has 0 spiro atoms. The predicted octanol–water partition coefficient (Wildman–Crippen LogP) is 1.49. The molecule has 1 aromatic heterocycles. The van der Waals surface area contributed by atoms with Crippen molar-refractivity contribution in [2.75, 3.05) is 18.5 Å². The SMILES string of the molecule is Cc1cc(N(C)CC(F)F)c(/C(N)=N/O)c(C)n1. The summed E-state index contributed by atoms with van der Waals surface area (Å²) in [6.07, 6.45) is -2.47. The lowest BCUT2D eigenvalue weighted by molar-refractivity contribution is 0.156. The minimum atomic E-state index is -2.47. The van der Waals surface area contributed by atoms with Gasteiger partial charge in [-0.15, -0.1) is 0 Å². The molecule has 0 radical (unpaired) electrons. The van der Waals surface area contributed by atoms with Gasteiger partial charge in [0.15, 0.2) is 5.84 Å². The Balaban J connectivity index is 3.31. The fourth-order valence-corrected chi connectivity index (χ4v) is 1.78. The van der Waals surface area contributed by atoms with Gasteiger partial charge >= 0.3 is 0 Å². The Morgan fingerprint density at radius 1 is 1.56 bits per heavy atom. The molecular weight excluding hydrogens is 242 g/mol. The first-order chi connectivity index (χ1) is 8.36.